The molecule has 0 fully saturated rings. The molecule has 0 saturated carbocycles. The number of hydrogen-bond acceptors (Lipinski definition) is 1. The minimum absolute atomic E-state index is 0.171. The van der Waals surface area contributed by atoms with Gasteiger partial charge in [0.15, 0.2) is 0 Å². The summed E-state index contributed by atoms with van der Waals surface area (Å²) in [6.07, 6.45) is 0. The molecule has 0 aliphatic carbocycles. The Hall–Kier alpha value is -0.293. The van der Waals surface area contributed by atoms with Crippen molar-refractivity contribution < 1.29 is 0 Å². The van der Waals surface area contributed by atoms with Crippen molar-refractivity contribution in [2.24, 2.45) is 0 Å². The molecule has 0 radical (unpaired) electrons. The fraction of sp³-hybridized carbons (Fsp3) is 0.875. The van der Waals surface area contributed by atoms with E-state index in [1.165, 1.54) is 25.1 Å². The molecule has 0 N–H and O–H groups in total. The number of rotatable bonds is 3. The van der Waals surface area contributed by atoms with Crippen LogP contribution in [0.3, 0.4) is 0 Å². The van der Waals surface area contributed by atoms with Crippen LogP contribution in [0.4, 0.5) is 0 Å². The smallest absolute Gasteiger partial charge is 0.0587 e. The van der Waals surface area contributed by atoms with Crippen LogP contribution in [0.25, 0.3) is 0 Å². The SMILES string of the molecule is CC#N.CC[SiH](CC)CC. The molecule has 0 aliphatic rings. The zero-order chi connectivity index (χ0) is 8.41. The maximum absolute atomic E-state index is 7.32. The van der Waals surface area contributed by atoms with E-state index in [4.69, 9.17) is 5.26 Å². The molecule has 0 saturated heterocycles. The lowest BCUT2D eigenvalue weighted by Crippen LogP contribution is -2.04. The summed E-state index contributed by atoms with van der Waals surface area (Å²) in [6.45, 7) is 8.40. The van der Waals surface area contributed by atoms with E-state index in [0.29, 0.717) is 0 Å². The zero-order valence-electron chi connectivity index (χ0n) is 7.65. The standard InChI is InChI=1S/C6H16Si.C2H3N/c1-4-7(5-2)6-3;1-2-3/h7H,4-6H2,1-3H3;1H3. The Kier molecular flexibility index (Phi) is 14.2. The van der Waals surface area contributed by atoms with Gasteiger partial charge in [-0.05, 0) is 0 Å². The summed E-state index contributed by atoms with van der Waals surface area (Å²) < 4.78 is 0. The first-order valence-electron chi connectivity index (χ1n) is 4.07. The Balaban J connectivity index is 0. The van der Waals surface area contributed by atoms with Gasteiger partial charge in [-0.3, -0.25) is 0 Å². The van der Waals surface area contributed by atoms with Gasteiger partial charge in [-0.25, -0.2) is 0 Å². The van der Waals surface area contributed by atoms with Crippen LogP contribution >= 0.6 is 0 Å². The van der Waals surface area contributed by atoms with E-state index in [1.807, 2.05) is 0 Å². The zero-order valence-corrected chi connectivity index (χ0v) is 8.80. The van der Waals surface area contributed by atoms with Crippen molar-refractivity contribution >= 4 is 8.80 Å². The molecule has 0 spiro atoms. The highest BCUT2D eigenvalue weighted by atomic mass is 28.3. The van der Waals surface area contributed by atoms with Gasteiger partial charge in [-0.1, -0.05) is 38.9 Å². The van der Waals surface area contributed by atoms with Gasteiger partial charge in [0.1, 0.15) is 0 Å². The quantitative estimate of drug-likeness (QED) is 0.578. The highest BCUT2D eigenvalue weighted by Gasteiger charge is 1.98. The van der Waals surface area contributed by atoms with Crippen LogP contribution in [0.5, 0.6) is 0 Å². The van der Waals surface area contributed by atoms with E-state index in [2.05, 4.69) is 20.8 Å². The highest BCUT2D eigenvalue weighted by molar-refractivity contribution is 6.58. The van der Waals surface area contributed by atoms with Crippen LogP contribution in [-0.4, -0.2) is 8.80 Å². The lowest BCUT2D eigenvalue weighted by atomic mass is 10.9. The van der Waals surface area contributed by atoms with E-state index in [0.717, 1.165) is 0 Å². The van der Waals surface area contributed by atoms with Crippen molar-refractivity contribution in [3.05, 3.63) is 0 Å². The predicted molar refractivity (Wildman–Crippen MR) is 49.9 cm³/mol. The Labute approximate surface area is 66.7 Å². The van der Waals surface area contributed by atoms with E-state index in [-0.39, 0.29) is 8.80 Å². The molecule has 60 valence electrons. The normalized spacial score (nSPS) is 8.00. The Morgan fingerprint density at radius 2 is 1.30 bits per heavy atom. The molecule has 0 bridgehead atoms. The van der Waals surface area contributed by atoms with Crippen LogP contribution in [-0.2, 0) is 0 Å². The van der Waals surface area contributed by atoms with Gasteiger partial charge in [-0.15, -0.1) is 0 Å². The van der Waals surface area contributed by atoms with Crippen molar-refractivity contribution in [3.63, 3.8) is 0 Å². The number of nitriles is 1. The first-order chi connectivity index (χ1) is 4.76. The van der Waals surface area contributed by atoms with Crippen LogP contribution in [0, 0.1) is 11.3 Å². The molecule has 0 amide bonds. The van der Waals surface area contributed by atoms with Crippen LogP contribution in [0.15, 0.2) is 0 Å². The second-order valence-corrected chi connectivity index (χ2v) is 6.50. The lowest BCUT2D eigenvalue weighted by molar-refractivity contribution is 1.24. The van der Waals surface area contributed by atoms with Gasteiger partial charge in [0, 0.05) is 15.7 Å². The van der Waals surface area contributed by atoms with Crippen molar-refractivity contribution in [2.45, 2.75) is 45.8 Å². The van der Waals surface area contributed by atoms with Gasteiger partial charge in [-0.2, -0.15) is 5.26 Å². The molecule has 1 nitrogen and oxygen atoms in total. The Morgan fingerprint density at radius 1 is 1.10 bits per heavy atom. The van der Waals surface area contributed by atoms with Gasteiger partial charge in [0.2, 0.25) is 0 Å². The summed E-state index contributed by atoms with van der Waals surface area (Å²) in [5.41, 5.74) is 0. The molecular formula is C8H19NSi. The van der Waals surface area contributed by atoms with Crippen molar-refractivity contribution in [1.29, 1.82) is 5.26 Å². The highest BCUT2D eigenvalue weighted by Crippen LogP contribution is 2.01. The minimum Gasteiger partial charge on any atom is -0.199 e. The summed E-state index contributed by atoms with van der Waals surface area (Å²) in [5.74, 6) is 0. The summed E-state index contributed by atoms with van der Waals surface area (Å²) in [5, 5.41) is 7.32. The second kappa shape index (κ2) is 11.5. The fourth-order valence-electron chi connectivity index (χ4n) is 0.866. The number of nitrogens with zero attached hydrogens (tertiary/aromatic N) is 1. The fourth-order valence-corrected chi connectivity index (χ4v) is 2.60. The van der Waals surface area contributed by atoms with Crippen molar-refractivity contribution in [2.75, 3.05) is 0 Å². The third-order valence-corrected chi connectivity index (χ3v) is 5.20. The topological polar surface area (TPSA) is 23.8 Å². The van der Waals surface area contributed by atoms with E-state index >= 15 is 0 Å². The predicted octanol–water partition coefficient (Wildman–Crippen LogP) is 2.80. The number of hydrogen-bond donors (Lipinski definition) is 0. The van der Waals surface area contributed by atoms with Crippen LogP contribution in [0.2, 0.25) is 18.1 Å². The van der Waals surface area contributed by atoms with Crippen LogP contribution < -0.4 is 0 Å². The molecular weight excluding hydrogens is 138 g/mol. The molecule has 0 aromatic heterocycles. The van der Waals surface area contributed by atoms with Crippen molar-refractivity contribution in [1.82, 2.24) is 0 Å². The third-order valence-electron chi connectivity index (χ3n) is 1.73. The molecule has 0 aromatic rings. The first-order valence-corrected chi connectivity index (χ1v) is 6.52. The Bertz CT molecular complexity index is 76.2. The monoisotopic (exact) mass is 157 g/mol. The molecule has 0 unspecified atom stereocenters. The van der Waals surface area contributed by atoms with Gasteiger partial charge >= 0.3 is 0 Å². The third kappa shape index (κ3) is 10.6. The summed E-state index contributed by atoms with van der Waals surface area (Å²) in [6, 6.07) is 6.23. The first kappa shape index (κ1) is 12.4. The second-order valence-electron chi connectivity index (χ2n) is 2.31. The van der Waals surface area contributed by atoms with Gasteiger partial charge in [0.05, 0.1) is 6.07 Å². The van der Waals surface area contributed by atoms with Gasteiger partial charge < -0.3 is 0 Å². The molecule has 0 atom stereocenters. The molecule has 0 aromatic carbocycles. The van der Waals surface area contributed by atoms with E-state index in [1.54, 1.807) is 6.07 Å². The molecule has 0 rings (SSSR count). The lowest BCUT2D eigenvalue weighted by Gasteiger charge is -2.03. The van der Waals surface area contributed by atoms with Crippen molar-refractivity contribution in [3.8, 4) is 6.07 Å². The maximum Gasteiger partial charge on any atom is 0.0587 e. The molecule has 0 aliphatic heterocycles. The summed E-state index contributed by atoms with van der Waals surface area (Å²) in [4.78, 5) is 0. The average molecular weight is 157 g/mol. The summed E-state index contributed by atoms with van der Waals surface area (Å²) >= 11 is 0. The average Bonchev–Trinajstić information content (AvgIpc) is 1.93. The molecule has 0 heterocycles. The van der Waals surface area contributed by atoms with Crippen LogP contribution in [0.1, 0.15) is 27.7 Å². The summed E-state index contributed by atoms with van der Waals surface area (Å²) in [7, 11) is -0.171. The Morgan fingerprint density at radius 3 is 1.30 bits per heavy atom. The van der Waals surface area contributed by atoms with E-state index in [9.17, 15) is 0 Å². The maximum atomic E-state index is 7.32. The van der Waals surface area contributed by atoms with E-state index < -0.39 is 0 Å². The molecule has 2 heteroatoms. The largest absolute Gasteiger partial charge is 0.199 e. The molecule has 10 heavy (non-hydrogen) atoms. The minimum atomic E-state index is -0.171. The van der Waals surface area contributed by atoms with Gasteiger partial charge in [0.25, 0.3) is 0 Å².